The highest BCUT2D eigenvalue weighted by Gasteiger charge is 2.30. The van der Waals surface area contributed by atoms with Gasteiger partial charge in [-0.1, -0.05) is 44.2 Å². The molecule has 1 heteroatoms. The van der Waals surface area contributed by atoms with E-state index in [0.717, 1.165) is 12.1 Å². The molecule has 86 valence electrons. The van der Waals surface area contributed by atoms with E-state index in [4.69, 9.17) is 5.73 Å². The van der Waals surface area contributed by atoms with Crippen LogP contribution in [0.1, 0.15) is 33.1 Å². The van der Waals surface area contributed by atoms with Gasteiger partial charge in [-0.15, -0.1) is 0 Å². The van der Waals surface area contributed by atoms with E-state index >= 15 is 0 Å². The summed E-state index contributed by atoms with van der Waals surface area (Å²) in [6.07, 6.45) is 16.8. The molecule has 1 nitrogen and oxygen atoms in total. The molecule has 1 unspecified atom stereocenters. The first-order valence-corrected chi connectivity index (χ1v) is 6.12. The summed E-state index contributed by atoms with van der Waals surface area (Å²) in [7, 11) is 0. The summed E-state index contributed by atoms with van der Waals surface area (Å²) < 4.78 is 0. The molecule has 0 spiro atoms. The van der Waals surface area contributed by atoms with Crippen molar-refractivity contribution < 1.29 is 0 Å². The second kappa shape index (κ2) is 4.32. The summed E-state index contributed by atoms with van der Waals surface area (Å²) in [5.74, 6) is 0.564. The maximum atomic E-state index is 5.76. The first-order chi connectivity index (χ1) is 7.60. The Bertz CT molecular complexity index is 380. The van der Waals surface area contributed by atoms with Crippen molar-refractivity contribution in [3.8, 4) is 0 Å². The molecule has 0 amide bonds. The van der Waals surface area contributed by atoms with Crippen LogP contribution >= 0.6 is 0 Å². The Morgan fingerprint density at radius 2 is 2.00 bits per heavy atom. The fourth-order valence-electron chi connectivity index (χ4n) is 2.48. The van der Waals surface area contributed by atoms with Gasteiger partial charge in [-0.05, 0) is 42.2 Å². The Labute approximate surface area is 98.4 Å². The van der Waals surface area contributed by atoms with Gasteiger partial charge in [-0.2, -0.15) is 0 Å². The molecule has 0 saturated carbocycles. The van der Waals surface area contributed by atoms with Crippen molar-refractivity contribution in [2.45, 2.75) is 33.1 Å². The summed E-state index contributed by atoms with van der Waals surface area (Å²) >= 11 is 0. The van der Waals surface area contributed by atoms with Crippen LogP contribution in [-0.2, 0) is 0 Å². The van der Waals surface area contributed by atoms with Crippen LogP contribution in [0.2, 0.25) is 0 Å². The van der Waals surface area contributed by atoms with E-state index in [9.17, 15) is 0 Å². The summed E-state index contributed by atoms with van der Waals surface area (Å²) in [5.41, 5.74) is 8.35. The lowest BCUT2D eigenvalue weighted by Gasteiger charge is -2.35. The highest BCUT2D eigenvalue weighted by molar-refractivity contribution is 5.32. The zero-order valence-corrected chi connectivity index (χ0v) is 10.2. The van der Waals surface area contributed by atoms with Crippen LogP contribution in [0.5, 0.6) is 0 Å². The molecular formula is C15H21N. The third-order valence-electron chi connectivity index (χ3n) is 3.79. The minimum Gasteiger partial charge on any atom is -0.399 e. The van der Waals surface area contributed by atoms with E-state index in [1.54, 1.807) is 0 Å². The largest absolute Gasteiger partial charge is 0.399 e. The average Bonchev–Trinajstić information content (AvgIpc) is 2.31. The molecule has 0 aromatic carbocycles. The van der Waals surface area contributed by atoms with Crippen LogP contribution in [0, 0.1) is 11.3 Å². The van der Waals surface area contributed by atoms with Crippen molar-refractivity contribution in [1.82, 2.24) is 0 Å². The molecule has 1 atom stereocenters. The van der Waals surface area contributed by atoms with E-state index in [1.165, 1.54) is 18.4 Å². The van der Waals surface area contributed by atoms with E-state index in [-0.39, 0.29) is 5.41 Å². The van der Waals surface area contributed by atoms with Crippen LogP contribution in [0.15, 0.2) is 47.7 Å². The summed E-state index contributed by atoms with van der Waals surface area (Å²) in [4.78, 5) is 0. The molecule has 0 saturated heterocycles. The normalized spacial score (nSPS) is 25.2. The Hall–Kier alpha value is -1.24. The Kier molecular flexibility index (Phi) is 3.04. The van der Waals surface area contributed by atoms with Crippen molar-refractivity contribution in [1.29, 1.82) is 0 Å². The third kappa shape index (κ3) is 2.13. The van der Waals surface area contributed by atoms with Gasteiger partial charge in [0.2, 0.25) is 0 Å². The predicted molar refractivity (Wildman–Crippen MR) is 69.8 cm³/mol. The molecule has 0 radical (unpaired) electrons. The first kappa shape index (κ1) is 11.3. The standard InChI is InChI=1S/C15H21N/c1-15(2,12-6-4-3-5-7-12)13-8-10-14(16)11-9-13/h4,6-8,10-11,13H,3,5,9,16H2,1-2H3. The van der Waals surface area contributed by atoms with Crippen molar-refractivity contribution in [3.63, 3.8) is 0 Å². The van der Waals surface area contributed by atoms with Crippen LogP contribution in [-0.4, -0.2) is 0 Å². The van der Waals surface area contributed by atoms with Gasteiger partial charge in [-0.25, -0.2) is 0 Å². The lowest BCUT2D eigenvalue weighted by atomic mass is 9.69. The zero-order chi connectivity index (χ0) is 11.6. The second-order valence-corrected chi connectivity index (χ2v) is 5.27. The van der Waals surface area contributed by atoms with Crippen molar-refractivity contribution in [2.75, 3.05) is 0 Å². The number of hydrogen-bond donors (Lipinski definition) is 1. The van der Waals surface area contributed by atoms with Crippen LogP contribution < -0.4 is 5.73 Å². The Morgan fingerprint density at radius 3 is 2.56 bits per heavy atom. The Balaban J connectivity index is 2.16. The lowest BCUT2D eigenvalue weighted by Crippen LogP contribution is -2.26. The SMILES string of the molecule is CC(C)(C1=CCCC=C1)C1C=CC(N)=CC1. The molecule has 0 bridgehead atoms. The molecule has 0 aromatic heterocycles. The topological polar surface area (TPSA) is 26.0 Å². The van der Waals surface area contributed by atoms with Crippen molar-refractivity contribution in [2.24, 2.45) is 17.1 Å². The average molecular weight is 215 g/mol. The van der Waals surface area contributed by atoms with Crippen molar-refractivity contribution in [3.05, 3.63) is 47.7 Å². The van der Waals surface area contributed by atoms with E-state index in [1.807, 2.05) is 6.08 Å². The lowest BCUT2D eigenvalue weighted by molar-refractivity contribution is 0.325. The fraction of sp³-hybridized carbons (Fsp3) is 0.467. The quantitative estimate of drug-likeness (QED) is 0.746. The molecule has 2 N–H and O–H groups in total. The molecule has 0 heterocycles. The van der Waals surface area contributed by atoms with E-state index < -0.39 is 0 Å². The predicted octanol–water partition coefficient (Wildman–Crippen LogP) is 3.71. The van der Waals surface area contributed by atoms with Gasteiger partial charge in [-0.3, -0.25) is 0 Å². The monoisotopic (exact) mass is 215 g/mol. The number of rotatable bonds is 2. The molecule has 0 aliphatic heterocycles. The maximum absolute atomic E-state index is 5.76. The molecule has 2 aliphatic rings. The first-order valence-electron chi connectivity index (χ1n) is 6.12. The number of nitrogens with two attached hydrogens (primary N) is 1. The molecule has 16 heavy (non-hydrogen) atoms. The van der Waals surface area contributed by atoms with Crippen molar-refractivity contribution >= 4 is 0 Å². The van der Waals surface area contributed by atoms with E-state index in [0.29, 0.717) is 5.92 Å². The number of hydrogen-bond acceptors (Lipinski definition) is 1. The molecular weight excluding hydrogens is 194 g/mol. The fourth-order valence-corrected chi connectivity index (χ4v) is 2.48. The minimum absolute atomic E-state index is 0.213. The molecule has 0 fully saturated rings. The third-order valence-corrected chi connectivity index (χ3v) is 3.79. The molecule has 2 rings (SSSR count). The summed E-state index contributed by atoms with van der Waals surface area (Å²) in [5, 5.41) is 0. The smallest absolute Gasteiger partial charge is 0.0270 e. The van der Waals surface area contributed by atoms with Gasteiger partial charge in [0, 0.05) is 5.70 Å². The van der Waals surface area contributed by atoms with Gasteiger partial charge < -0.3 is 5.73 Å². The van der Waals surface area contributed by atoms with Crippen LogP contribution in [0.4, 0.5) is 0 Å². The highest BCUT2D eigenvalue weighted by atomic mass is 14.6. The second-order valence-electron chi connectivity index (χ2n) is 5.27. The van der Waals surface area contributed by atoms with Crippen LogP contribution in [0.25, 0.3) is 0 Å². The summed E-state index contributed by atoms with van der Waals surface area (Å²) in [6, 6.07) is 0. The zero-order valence-electron chi connectivity index (χ0n) is 10.2. The minimum atomic E-state index is 0.213. The highest BCUT2D eigenvalue weighted by Crippen LogP contribution is 2.41. The van der Waals surface area contributed by atoms with E-state index in [2.05, 4.69) is 44.2 Å². The molecule has 0 aromatic rings. The number of allylic oxidation sites excluding steroid dienone is 7. The van der Waals surface area contributed by atoms with Gasteiger partial charge in [0.25, 0.3) is 0 Å². The maximum Gasteiger partial charge on any atom is 0.0270 e. The Morgan fingerprint density at radius 1 is 1.19 bits per heavy atom. The van der Waals surface area contributed by atoms with Gasteiger partial charge >= 0.3 is 0 Å². The van der Waals surface area contributed by atoms with Gasteiger partial charge in [0.15, 0.2) is 0 Å². The molecule has 2 aliphatic carbocycles. The van der Waals surface area contributed by atoms with Gasteiger partial charge in [0.1, 0.15) is 0 Å². The van der Waals surface area contributed by atoms with Gasteiger partial charge in [0.05, 0.1) is 0 Å². The van der Waals surface area contributed by atoms with Crippen LogP contribution in [0.3, 0.4) is 0 Å². The summed E-state index contributed by atoms with van der Waals surface area (Å²) in [6.45, 7) is 4.66.